The van der Waals surface area contributed by atoms with Crippen LogP contribution in [0, 0.1) is 6.92 Å². The first kappa shape index (κ1) is 23.5. The Morgan fingerprint density at radius 1 is 1.19 bits per heavy atom. The van der Waals surface area contributed by atoms with Gasteiger partial charge < -0.3 is 10.2 Å². The average Bonchev–Trinajstić information content (AvgIpc) is 2.76. The van der Waals surface area contributed by atoms with Crippen LogP contribution in [-0.2, 0) is 9.59 Å². The van der Waals surface area contributed by atoms with E-state index in [0.717, 1.165) is 17.3 Å². The third kappa shape index (κ3) is 5.54. The van der Waals surface area contributed by atoms with Crippen LogP contribution < -0.4 is 15.8 Å². The van der Waals surface area contributed by atoms with Gasteiger partial charge in [-0.15, -0.1) is 10.2 Å². The summed E-state index contributed by atoms with van der Waals surface area (Å²) in [5, 5.41) is 11.6. The van der Waals surface area contributed by atoms with Crippen LogP contribution in [0.1, 0.15) is 19.4 Å². The number of nitrogens with zero attached hydrogens (tertiary/aromatic N) is 3. The number of para-hydroxylation sites is 1. The van der Waals surface area contributed by atoms with Gasteiger partial charge in [0.2, 0.25) is 11.8 Å². The summed E-state index contributed by atoms with van der Waals surface area (Å²) in [5.74, 6) is -0.385. The molecule has 0 spiro atoms. The first-order valence-corrected chi connectivity index (χ1v) is 11.2. The minimum atomic E-state index is -0.458. The third-order valence-corrected chi connectivity index (χ3v) is 5.89. The van der Waals surface area contributed by atoms with Crippen LogP contribution in [0.3, 0.4) is 0 Å². The molecule has 0 atom stereocenters. The van der Waals surface area contributed by atoms with E-state index in [1.165, 1.54) is 6.92 Å². The normalized spacial score (nSPS) is 10.6. The van der Waals surface area contributed by atoms with Crippen LogP contribution in [0.25, 0.3) is 11.3 Å². The maximum absolute atomic E-state index is 12.7. The molecule has 0 aliphatic heterocycles. The van der Waals surface area contributed by atoms with E-state index in [2.05, 4.69) is 20.5 Å². The molecule has 2 N–H and O–H groups in total. The fraction of sp³-hybridized carbons (Fsp3) is 0.227. The van der Waals surface area contributed by atoms with Gasteiger partial charge in [-0.1, -0.05) is 47.6 Å². The number of thioether (sulfide) groups is 1. The number of aryl methyl sites for hydroxylation is 1. The molecule has 3 aromatic rings. The van der Waals surface area contributed by atoms with E-state index in [9.17, 15) is 14.4 Å². The van der Waals surface area contributed by atoms with E-state index >= 15 is 0 Å². The Labute approximate surface area is 194 Å². The second-order valence-electron chi connectivity index (χ2n) is 6.89. The lowest BCUT2D eigenvalue weighted by Gasteiger charge is -2.21. The lowest BCUT2D eigenvalue weighted by atomic mass is 10.1. The fourth-order valence-corrected chi connectivity index (χ4v) is 3.82. The number of rotatable bonds is 7. The number of aromatic nitrogens is 3. The van der Waals surface area contributed by atoms with E-state index in [-0.39, 0.29) is 28.4 Å². The Kier molecular flexibility index (Phi) is 7.66. The minimum absolute atomic E-state index is 0.0278. The zero-order chi connectivity index (χ0) is 23.3. The van der Waals surface area contributed by atoms with Gasteiger partial charge in [-0.2, -0.15) is 0 Å². The number of hydrogen-bond acceptors (Lipinski definition) is 6. The SMILES string of the molecule is CCN(C(C)=O)c1ccccc1-c1nnc(SCC(=O)Nc2ccc(C)c(Cl)c2)[nH]c1=O. The fourth-order valence-electron chi connectivity index (χ4n) is 3.04. The summed E-state index contributed by atoms with van der Waals surface area (Å²) in [6.07, 6.45) is 0. The van der Waals surface area contributed by atoms with Gasteiger partial charge in [-0.05, 0) is 37.6 Å². The van der Waals surface area contributed by atoms with E-state index in [0.29, 0.717) is 28.5 Å². The predicted molar refractivity (Wildman–Crippen MR) is 127 cm³/mol. The van der Waals surface area contributed by atoms with Gasteiger partial charge in [-0.3, -0.25) is 19.4 Å². The highest BCUT2D eigenvalue weighted by atomic mass is 35.5. The number of carbonyl (C=O) groups excluding carboxylic acids is 2. The van der Waals surface area contributed by atoms with Gasteiger partial charge >= 0.3 is 0 Å². The number of amides is 2. The zero-order valence-corrected chi connectivity index (χ0v) is 19.4. The number of hydrogen-bond donors (Lipinski definition) is 2. The van der Waals surface area contributed by atoms with Gasteiger partial charge in [0.05, 0.1) is 11.4 Å². The molecule has 2 aromatic carbocycles. The summed E-state index contributed by atoms with van der Waals surface area (Å²) < 4.78 is 0. The quantitative estimate of drug-likeness (QED) is 0.506. The van der Waals surface area contributed by atoms with Crippen molar-refractivity contribution in [2.75, 3.05) is 22.5 Å². The standard InChI is InChI=1S/C22H22ClN5O3S/c1-4-28(14(3)29)18-8-6-5-7-16(18)20-21(31)25-22(27-26-20)32-12-19(30)24-15-10-9-13(2)17(23)11-15/h5-11H,4,12H2,1-3H3,(H,24,30)(H,25,27,31). The summed E-state index contributed by atoms with van der Waals surface area (Å²) in [7, 11) is 0. The average molecular weight is 472 g/mol. The lowest BCUT2D eigenvalue weighted by molar-refractivity contribution is -0.116. The Bertz CT molecular complexity index is 1210. The second kappa shape index (κ2) is 10.4. The van der Waals surface area contributed by atoms with Crippen LogP contribution in [0.5, 0.6) is 0 Å². The van der Waals surface area contributed by atoms with Crippen molar-refractivity contribution in [1.82, 2.24) is 15.2 Å². The molecule has 0 saturated heterocycles. The summed E-state index contributed by atoms with van der Waals surface area (Å²) >= 11 is 7.13. The Balaban J connectivity index is 1.74. The van der Waals surface area contributed by atoms with Gasteiger partial charge in [-0.25, -0.2) is 0 Å². The van der Waals surface area contributed by atoms with Gasteiger partial charge in [0, 0.05) is 29.7 Å². The second-order valence-corrected chi connectivity index (χ2v) is 8.26. The molecule has 0 aliphatic rings. The van der Waals surface area contributed by atoms with Crippen LogP contribution in [0.4, 0.5) is 11.4 Å². The van der Waals surface area contributed by atoms with Crippen LogP contribution in [0.2, 0.25) is 5.02 Å². The van der Waals surface area contributed by atoms with Crippen molar-refractivity contribution in [2.45, 2.75) is 25.9 Å². The maximum atomic E-state index is 12.7. The molecule has 0 saturated carbocycles. The molecule has 10 heteroatoms. The summed E-state index contributed by atoms with van der Waals surface area (Å²) in [6, 6.07) is 12.3. The molecule has 3 rings (SSSR count). The first-order valence-electron chi connectivity index (χ1n) is 9.83. The summed E-state index contributed by atoms with van der Waals surface area (Å²) in [5.41, 5.74) is 2.23. The molecule has 32 heavy (non-hydrogen) atoms. The topological polar surface area (TPSA) is 108 Å². The number of halogens is 1. The van der Waals surface area contributed by atoms with Crippen molar-refractivity contribution in [3.05, 3.63) is 63.4 Å². The van der Waals surface area contributed by atoms with E-state index in [4.69, 9.17) is 11.6 Å². The highest BCUT2D eigenvalue weighted by molar-refractivity contribution is 7.99. The highest BCUT2D eigenvalue weighted by Gasteiger charge is 2.18. The number of H-pyrrole nitrogens is 1. The van der Waals surface area contributed by atoms with Crippen molar-refractivity contribution in [1.29, 1.82) is 0 Å². The number of nitrogens with one attached hydrogen (secondary N) is 2. The van der Waals surface area contributed by atoms with Crippen LogP contribution in [-0.4, -0.2) is 39.3 Å². The molecular formula is C22H22ClN5O3S. The van der Waals surface area contributed by atoms with Gasteiger partial charge in [0.1, 0.15) is 0 Å². The molecule has 0 unspecified atom stereocenters. The molecule has 0 radical (unpaired) electrons. The highest BCUT2D eigenvalue weighted by Crippen LogP contribution is 2.28. The van der Waals surface area contributed by atoms with Crippen LogP contribution in [0.15, 0.2) is 52.4 Å². The molecule has 1 heterocycles. The van der Waals surface area contributed by atoms with E-state index in [1.807, 2.05) is 19.9 Å². The van der Waals surface area contributed by atoms with E-state index < -0.39 is 5.56 Å². The molecular weight excluding hydrogens is 450 g/mol. The number of aromatic amines is 1. The third-order valence-electron chi connectivity index (χ3n) is 4.62. The Hall–Kier alpha value is -3.17. The predicted octanol–water partition coefficient (Wildman–Crippen LogP) is 3.90. The molecule has 8 nitrogen and oxygen atoms in total. The maximum Gasteiger partial charge on any atom is 0.278 e. The van der Waals surface area contributed by atoms with Crippen molar-refractivity contribution in [3.63, 3.8) is 0 Å². The van der Waals surface area contributed by atoms with Crippen molar-refractivity contribution in [3.8, 4) is 11.3 Å². The minimum Gasteiger partial charge on any atom is -0.325 e. The number of carbonyl (C=O) groups is 2. The smallest absolute Gasteiger partial charge is 0.278 e. The Morgan fingerprint density at radius 3 is 2.59 bits per heavy atom. The zero-order valence-electron chi connectivity index (χ0n) is 17.8. The van der Waals surface area contributed by atoms with Crippen molar-refractivity contribution < 1.29 is 9.59 Å². The van der Waals surface area contributed by atoms with Crippen molar-refractivity contribution in [2.24, 2.45) is 0 Å². The number of benzene rings is 2. The van der Waals surface area contributed by atoms with E-state index in [1.54, 1.807) is 41.3 Å². The number of anilines is 2. The molecule has 0 aliphatic carbocycles. The molecule has 0 bridgehead atoms. The van der Waals surface area contributed by atoms with Gasteiger partial charge in [0.15, 0.2) is 10.9 Å². The molecule has 166 valence electrons. The van der Waals surface area contributed by atoms with Gasteiger partial charge in [0.25, 0.3) is 5.56 Å². The lowest BCUT2D eigenvalue weighted by Crippen LogP contribution is -2.29. The van der Waals surface area contributed by atoms with Crippen molar-refractivity contribution >= 4 is 46.6 Å². The van der Waals surface area contributed by atoms with Crippen LogP contribution >= 0.6 is 23.4 Å². The molecule has 2 amide bonds. The molecule has 1 aromatic heterocycles. The largest absolute Gasteiger partial charge is 0.325 e. The monoisotopic (exact) mass is 471 g/mol. The summed E-state index contributed by atoms with van der Waals surface area (Å²) in [4.78, 5) is 41.1. The first-order chi connectivity index (χ1) is 15.3. The summed E-state index contributed by atoms with van der Waals surface area (Å²) in [6.45, 7) is 5.64. The Morgan fingerprint density at radius 2 is 1.94 bits per heavy atom. The molecule has 0 fully saturated rings.